The van der Waals surface area contributed by atoms with Gasteiger partial charge in [0.1, 0.15) is 19.3 Å². The lowest BCUT2D eigenvalue weighted by atomic mass is 10.0. The smallest absolute Gasteiger partial charge is 0.456 e. The number of phosphoric acid groups is 1. The molecule has 0 aliphatic heterocycles. The summed E-state index contributed by atoms with van der Waals surface area (Å²) in [6, 6.07) is -0.883. The van der Waals surface area contributed by atoms with Gasteiger partial charge in [0, 0.05) is 12.8 Å². The Kier molecular flexibility index (Phi) is 50.1. The maximum Gasteiger partial charge on any atom is 0.472 e. The summed E-state index contributed by atoms with van der Waals surface area (Å²) in [4.78, 5) is 37.6. The van der Waals surface area contributed by atoms with E-state index in [1.165, 1.54) is 141 Å². The Labute approximate surface area is 444 Å². The number of unbranched alkanes of at least 4 members (excludes halogenated alkanes) is 27. The molecule has 10 heteroatoms. The summed E-state index contributed by atoms with van der Waals surface area (Å²) in [7, 11) is 1.46. The van der Waals surface area contributed by atoms with Gasteiger partial charge >= 0.3 is 13.8 Å². The summed E-state index contributed by atoms with van der Waals surface area (Å²) in [6.45, 7) is 6.92. The SMILES string of the molecule is CCCCC/C=C\C/C=C\C/C=C\CCCCCCCCCCC(=O)OC(/C=C\CCCCCCCCCCCC)C(COP(=O)(O)OCC[N+](C)(C)C)NC(=O)CC/C=C/C/C=C\CCCCCCCC. The zero-order valence-electron chi connectivity index (χ0n) is 47.7. The molecule has 0 saturated carbocycles. The van der Waals surface area contributed by atoms with Crippen molar-refractivity contribution in [1.82, 2.24) is 5.32 Å². The molecule has 0 radical (unpaired) electrons. The Bertz CT molecular complexity index is 1460. The first-order valence-electron chi connectivity index (χ1n) is 29.8. The van der Waals surface area contributed by atoms with E-state index in [1.807, 2.05) is 39.4 Å². The normalized spacial score (nSPS) is 14.3. The molecule has 0 aromatic rings. The van der Waals surface area contributed by atoms with Gasteiger partial charge in [-0.3, -0.25) is 18.6 Å². The highest BCUT2D eigenvalue weighted by Crippen LogP contribution is 2.43. The van der Waals surface area contributed by atoms with Gasteiger partial charge in [-0.25, -0.2) is 4.57 Å². The van der Waals surface area contributed by atoms with E-state index in [0.29, 0.717) is 17.4 Å². The third kappa shape index (κ3) is 52.3. The number of nitrogens with one attached hydrogen (secondary N) is 1. The predicted molar refractivity (Wildman–Crippen MR) is 309 cm³/mol. The highest BCUT2D eigenvalue weighted by Gasteiger charge is 2.30. The number of allylic oxidation sites excluding steroid dienone is 11. The van der Waals surface area contributed by atoms with E-state index in [-0.39, 0.29) is 37.9 Å². The molecule has 9 nitrogen and oxygen atoms in total. The minimum Gasteiger partial charge on any atom is -0.456 e. The summed E-state index contributed by atoms with van der Waals surface area (Å²) in [5.74, 6) is -0.592. The van der Waals surface area contributed by atoms with Crippen LogP contribution in [0.1, 0.15) is 258 Å². The van der Waals surface area contributed by atoms with Crippen LogP contribution in [-0.4, -0.2) is 74.3 Å². The van der Waals surface area contributed by atoms with Crippen molar-refractivity contribution in [3.05, 3.63) is 72.9 Å². The zero-order valence-corrected chi connectivity index (χ0v) is 48.6. The molecular formula is C62H114N2O7P+. The molecule has 2 N–H and O–H groups in total. The van der Waals surface area contributed by atoms with Crippen LogP contribution >= 0.6 is 7.82 Å². The second-order valence-corrected chi connectivity index (χ2v) is 22.6. The van der Waals surface area contributed by atoms with Crippen LogP contribution in [0.2, 0.25) is 0 Å². The standard InChI is InChI=1S/C62H113N2O7P/c1-7-10-13-16-19-22-25-28-29-30-31-32-33-34-35-37-40-43-46-49-52-55-62(66)71-60(53-50-47-44-41-38-27-24-21-18-15-12-9-3)59(58-70-72(67,68)69-57-56-64(4,5)6)63-61(65)54-51-48-45-42-39-36-26-23-20-17-14-11-8-2/h19,22,28-29,31-32,36,39,45,48,50,53,59-60H,7-18,20-21,23-27,30,33-35,37-38,40-44,46-47,49,51-52,54-58H2,1-6H3,(H-,63,65,67,68)/p+1/b22-19-,29-28-,32-31-,39-36-,48-45+,53-50-. The molecule has 1 amide bonds. The third-order valence-electron chi connectivity index (χ3n) is 12.9. The number of esters is 1. The molecule has 0 aliphatic carbocycles. The summed E-state index contributed by atoms with van der Waals surface area (Å²) in [6.07, 6.45) is 66.3. The molecule has 418 valence electrons. The van der Waals surface area contributed by atoms with Crippen LogP contribution in [-0.2, 0) is 27.9 Å². The lowest BCUT2D eigenvalue weighted by Crippen LogP contribution is -2.47. The van der Waals surface area contributed by atoms with Crippen LogP contribution in [0.3, 0.4) is 0 Å². The van der Waals surface area contributed by atoms with Gasteiger partial charge in [0.2, 0.25) is 5.91 Å². The van der Waals surface area contributed by atoms with E-state index >= 15 is 0 Å². The molecule has 3 atom stereocenters. The molecular weight excluding hydrogens is 916 g/mol. The number of rotatable bonds is 53. The maximum atomic E-state index is 13.4. The fraction of sp³-hybridized carbons (Fsp3) is 0.774. The summed E-state index contributed by atoms with van der Waals surface area (Å²) in [5.41, 5.74) is 0. The second-order valence-electron chi connectivity index (χ2n) is 21.2. The number of phosphoric ester groups is 1. The number of ether oxygens (including phenoxy) is 1. The number of nitrogens with zero attached hydrogens (tertiary/aromatic N) is 1. The molecule has 0 spiro atoms. The van der Waals surface area contributed by atoms with Gasteiger partial charge in [-0.1, -0.05) is 229 Å². The summed E-state index contributed by atoms with van der Waals surface area (Å²) >= 11 is 0. The van der Waals surface area contributed by atoms with Gasteiger partial charge in [-0.05, 0) is 89.5 Å². The molecule has 72 heavy (non-hydrogen) atoms. The van der Waals surface area contributed by atoms with Crippen molar-refractivity contribution in [3.8, 4) is 0 Å². The van der Waals surface area contributed by atoms with Crippen LogP contribution in [0.5, 0.6) is 0 Å². The summed E-state index contributed by atoms with van der Waals surface area (Å²) < 4.78 is 30.6. The van der Waals surface area contributed by atoms with Crippen LogP contribution < -0.4 is 5.32 Å². The number of hydrogen-bond donors (Lipinski definition) is 2. The van der Waals surface area contributed by atoms with Gasteiger partial charge in [0.15, 0.2) is 0 Å². The fourth-order valence-electron chi connectivity index (χ4n) is 8.23. The molecule has 0 heterocycles. The van der Waals surface area contributed by atoms with Crippen molar-refractivity contribution in [1.29, 1.82) is 0 Å². The molecule has 0 rings (SSSR count). The lowest BCUT2D eigenvalue weighted by molar-refractivity contribution is -0.870. The largest absolute Gasteiger partial charge is 0.472 e. The molecule has 0 fully saturated rings. The van der Waals surface area contributed by atoms with Crippen molar-refractivity contribution in [2.75, 3.05) is 40.9 Å². The van der Waals surface area contributed by atoms with Crippen LogP contribution in [0.25, 0.3) is 0 Å². The van der Waals surface area contributed by atoms with Crippen molar-refractivity contribution in [2.45, 2.75) is 270 Å². The van der Waals surface area contributed by atoms with Crippen molar-refractivity contribution in [2.24, 2.45) is 0 Å². The highest BCUT2D eigenvalue weighted by atomic mass is 31.2. The fourth-order valence-corrected chi connectivity index (χ4v) is 8.97. The Balaban J connectivity index is 5.32. The first-order chi connectivity index (χ1) is 34.9. The minimum atomic E-state index is -4.46. The van der Waals surface area contributed by atoms with Gasteiger partial charge in [0.05, 0.1) is 33.8 Å². The van der Waals surface area contributed by atoms with Gasteiger partial charge in [-0.15, -0.1) is 0 Å². The minimum absolute atomic E-state index is 0.0277. The topological polar surface area (TPSA) is 111 Å². The summed E-state index contributed by atoms with van der Waals surface area (Å²) in [5, 5.41) is 3.00. The van der Waals surface area contributed by atoms with E-state index in [2.05, 4.69) is 80.8 Å². The Hall–Kier alpha value is -2.55. The van der Waals surface area contributed by atoms with Crippen molar-refractivity contribution in [3.63, 3.8) is 0 Å². The lowest BCUT2D eigenvalue weighted by Gasteiger charge is -2.27. The van der Waals surface area contributed by atoms with E-state index in [4.69, 9.17) is 13.8 Å². The van der Waals surface area contributed by atoms with Crippen molar-refractivity contribution >= 4 is 19.7 Å². The first-order valence-corrected chi connectivity index (χ1v) is 31.3. The average Bonchev–Trinajstić information content (AvgIpc) is 3.34. The number of carbonyl (C=O) groups is 2. The molecule has 0 aliphatic rings. The van der Waals surface area contributed by atoms with E-state index in [9.17, 15) is 19.0 Å². The predicted octanol–water partition coefficient (Wildman–Crippen LogP) is 18.1. The van der Waals surface area contributed by atoms with E-state index in [0.717, 1.165) is 77.0 Å². The van der Waals surface area contributed by atoms with Crippen LogP contribution in [0.15, 0.2) is 72.9 Å². The number of quaternary nitrogens is 1. The maximum absolute atomic E-state index is 13.4. The molecule has 0 aromatic carbocycles. The van der Waals surface area contributed by atoms with Crippen LogP contribution in [0.4, 0.5) is 0 Å². The molecule has 0 saturated heterocycles. The second kappa shape index (κ2) is 51.9. The number of amides is 1. The van der Waals surface area contributed by atoms with E-state index in [1.54, 1.807) is 0 Å². The molecule has 0 bridgehead atoms. The van der Waals surface area contributed by atoms with E-state index < -0.39 is 20.0 Å². The zero-order chi connectivity index (χ0) is 52.9. The van der Waals surface area contributed by atoms with Crippen molar-refractivity contribution < 1.29 is 37.3 Å². The first kappa shape index (κ1) is 69.5. The number of hydrogen-bond acceptors (Lipinski definition) is 6. The molecule has 3 unspecified atom stereocenters. The highest BCUT2D eigenvalue weighted by molar-refractivity contribution is 7.47. The quantitative estimate of drug-likeness (QED) is 0.0205. The number of likely N-dealkylation sites (N-methyl/N-ethyl adjacent to an activating group) is 1. The Morgan fingerprint density at radius 3 is 1.32 bits per heavy atom. The number of carbonyl (C=O) groups excluding carboxylic acids is 2. The van der Waals surface area contributed by atoms with Gasteiger partial charge < -0.3 is 19.4 Å². The Morgan fingerprint density at radius 1 is 0.486 bits per heavy atom. The monoisotopic (exact) mass is 1030 g/mol. The Morgan fingerprint density at radius 2 is 0.861 bits per heavy atom. The van der Waals surface area contributed by atoms with Gasteiger partial charge in [0.25, 0.3) is 0 Å². The molecule has 0 aromatic heterocycles. The average molecular weight is 1030 g/mol. The van der Waals surface area contributed by atoms with Gasteiger partial charge in [-0.2, -0.15) is 0 Å². The third-order valence-corrected chi connectivity index (χ3v) is 13.9. The van der Waals surface area contributed by atoms with Crippen LogP contribution in [0, 0.1) is 0 Å².